The first-order valence-electron chi connectivity index (χ1n) is 9.63. The fourth-order valence-corrected chi connectivity index (χ4v) is 4.88. The van der Waals surface area contributed by atoms with E-state index in [1.165, 1.54) is 31.2 Å². The summed E-state index contributed by atoms with van der Waals surface area (Å²) in [5.74, 6) is 0. The van der Waals surface area contributed by atoms with Crippen LogP contribution in [0.3, 0.4) is 0 Å². The Kier molecular flexibility index (Phi) is 5.68. The van der Waals surface area contributed by atoms with E-state index in [-0.39, 0.29) is 5.41 Å². The van der Waals surface area contributed by atoms with Gasteiger partial charge in [-0.2, -0.15) is 0 Å². The Morgan fingerprint density at radius 2 is 1.04 bits per heavy atom. The van der Waals surface area contributed by atoms with E-state index in [9.17, 15) is 0 Å². The normalized spacial score (nSPS) is 15.6. The quantitative estimate of drug-likeness (QED) is 0.453. The average molecular weight is 496 g/mol. The Balaban J connectivity index is 2.20. The maximum atomic E-state index is 3.74. The van der Waals surface area contributed by atoms with Crippen LogP contribution in [0.5, 0.6) is 0 Å². The van der Waals surface area contributed by atoms with Gasteiger partial charge in [0.25, 0.3) is 0 Å². The molecule has 0 radical (unpaired) electrons. The van der Waals surface area contributed by atoms with Gasteiger partial charge in [0, 0.05) is 27.2 Å². The van der Waals surface area contributed by atoms with Crippen molar-refractivity contribution in [3.63, 3.8) is 0 Å². The van der Waals surface area contributed by atoms with E-state index in [4.69, 9.17) is 0 Å². The maximum Gasteiger partial charge on any atom is 0.0792 e. The van der Waals surface area contributed by atoms with Gasteiger partial charge in [0.2, 0.25) is 0 Å². The molecule has 4 heteroatoms. The van der Waals surface area contributed by atoms with Gasteiger partial charge in [-0.05, 0) is 46.5 Å². The topological polar surface area (TPSA) is 0 Å². The van der Waals surface area contributed by atoms with Crippen molar-refractivity contribution in [2.45, 2.75) is 18.3 Å². The third-order valence-electron chi connectivity index (χ3n) is 5.70. The van der Waals surface area contributed by atoms with E-state index < -0.39 is 0 Å². The highest BCUT2D eigenvalue weighted by atomic mass is 79.9. The highest BCUT2D eigenvalue weighted by Gasteiger charge is 2.45. The number of rotatable bonds is 6. The predicted octanol–water partition coefficient (Wildman–Crippen LogP) is 5.67. The first-order valence-corrected chi connectivity index (χ1v) is 11.2. The minimum absolute atomic E-state index is 0.0648. The molecule has 0 amide bonds. The molecule has 2 nitrogen and oxygen atoms in total. The van der Waals surface area contributed by atoms with Crippen molar-refractivity contribution in [3.05, 3.63) is 56.5 Å². The molecule has 0 atom stereocenters. The Bertz CT molecular complexity index is 773. The molecule has 0 spiro atoms. The molecule has 0 saturated heterocycles. The third-order valence-corrected chi connectivity index (χ3v) is 6.69. The zero-order valence-corrected chi connectivity index (χ0v) is 20.6. The molecule has 0 aliphatic heterocycles. The van der Waals surface area contributed by atoms with E-state index >= 15 is 0 Å². The summed E-state index contributed by atoms with van der Waals surface area (Å²) in [6, 6.07) is 13.7. The van der Waals surface area contributed by atoms with E-state index in [0.717, 1.165) is 34.9 Å². The minimum Gasteiger partial charge on any atom is -0.331 e. The van der Waals surface area contributed by atoms with Gasteiger partial charge in [-0.25, -0.2) is 0 Å². The Morgan fingerprint density at radius 1 is 0.667 bits per heavy atom. The molecular formula is C23H32Br2N2+2. The van der Waals surface area contributed by atoms with Crippen LogP contribution in [0.1, 0.15) is 24.0 Å². The summed E-state index contributed by atoms with van der Waals surface area (Å²) in [6.07, 6.45) is 2.31. The fourth-order valence-electron chi connectivity index (χ4n) is 4.16. The van der Waals surface area contributed by atoms with E-state index in [0.29, 0.717) is 0 Å². The average Bonchev–Trinajstić information content (AvgIpc) is 2.79. The molecule has 1 aliphatic carbocycles. The van der Waals surface area contributed by atoms with Crippen molar-refractivity contribution in [3.8, 4) is 11.1 Å². The van der Waals surface area contributed by atoms with Gasteiger partial charge < -0.3 is 8.97 Å². The molecule has 0 unspecified atom stereocenters. The van der Waals surface area contributed by atoms with Crippen LogP contribution in [0.2, 0.25) is 0 Å². The van der Waals surface area contributed by atoms with E-state index in [1.54, 1.807) is 0 Å². The molecule has 3 rings (SSSR count). The van der Waals surface area contributed by atoms with Gasteiger partial charge in [-0.1, -0.05) is 44.0 Å². The summed E-state index contributed by atoms with van der Waals surface area (Å²) in [7, 11) is 13.8. The Hall–Kier alpha value is -0.680. The number of benzene rings is 2. The van der Waals surface area contributed by atoms with Gasteiger partial charge in [0.1, 0.15) is 0 Å². The highest BCUT2D eigenvalue weighted by molar-refractivity contribution is 9.10. The molecule has 0 heterocycles. The van der Waals surface area contributed by atoms with Crippen molar-refractivity contribution < 1.29 is 8.97 Å². The van der Waals surface area contributed by atoms with E-state index in [1.807, 2.05) is 0 Å². The van der Waals surface area contributed by atoms with Crippen molar-refractivity contribution in [1.29, 1.82) is 0 Å². The SMILES string of the molecule is C[N+](C)(C)CCC1(CC[N+](C)(C)C)c2cc(Br)ccc2-c2ccc(Br)cc21. The number of halogens is 2. The van der Waals surface area contributed by atoms with Crippen LogP contribution in [-0.2, 0) is 5.41 Å². The monoisotopic (exact) mass is 494 g/mol. The lowest BCUT2D eigenvalue weighted by Crippen LogP contribution is -2.43. The number of fused-ring (bicyclic) bond motifs is 3. The standard InChI is InChI=1S/C23H32Br2N2/c1-26(2,3)13-11-23(12-14-27(4,5)6)21-15-17(24)7-9-19(21)20-10-8-18(25)16-22(20)23/h7-10,15-16H,11-14H2,1-6H3/q+2. The van der Waals surface area contributed by atoms with Crippen LogP contribution in [0.4, 0.5) is 0 Å². The molecular weight excluding hydrogens is 464 g/mol. The molecule has 0 aromatic heterocycles. The molecule has 146 valence electrons. The van der Waals surface area contributed by atoms with Crippen LogP contribution in [-0.4, -0.2) is 64.3 Å². The minimum atomic E-state index is 0.0648. The van der Waals surface area contributed by atoms with Crippen molar-refractivity contribution in [2.24, 2.45) is 0 Å². The van der Waals surface area contributed by atoms with Gasteiger partial charge in [-0.3, -0.25) is 0 Å². The van der Waals surface area contributed by atoms with Gasteiger partial charge in [0.05, 0.1) is 55.4 Å². The second kappa shape index (κ2) is 7.29. The lowest BCUT2D eigenvalue weighted by molar-refractivity contribution is -0.873. The van der Waals surface area contributed by atoms with Crippen molar-refractivity contribution in [2.75, 3.05) is 55.4 Å². The van der Waals surface area contributed by atoms with Gasteiger partial charge >= 0.3 is 0 Å². The molecule has 2 aromatic carbocycles. The van der Waals surface area contributed by atoms with Crippen LogP contribution in [0, 0.1) is 0 Å². The number of nitrogens with zero attached hydrogens (tertiary/aromatic N) is 2. The zero-order valence-electron chi connectivity index (χ0n) is 17.4. The molecule has 0 bridgehead atoms. The largest absolute Gasteiger partial charge is 0.331 e. The molecule has 0 fully saturated rings. The van der Waals surface area contributed by atoms with Gasteiger partial charge in [-0.15, -0.1) is 0 Å². The van der Waals surface area contributed by atoms with Crippen LogP contribution < -0.4 is 0 Å². The summed E-state index contributed by atoms with van der Waals surface area (Å²) in [5.41, 5.74) is 5.86. The molecule has 0 saturated carbocycles. The summed E-state index contributed by atoms with van der Waals surface area (Å²) in [6.45, 7) is 2.30. The number of hydrogen-bond donors (Lipinski definition) is 0. The van der Waals surface area contributed by atoms with Gasteiger partial charge in [0.15, 0.2) is 0 Å². The number of quaternary nitrogens is 2. The number of hydrogen-bond acceptors (Lipinski definition) is 0. The smallest absolute Gasteiger partial charge is 0.0792 e. The molecule has 0 N–H and O–H groups in total. The second-order valence-corrected chi connectivity index (χ2v) is 11.8. The fraction of sp³-hybridized carbons (Fsp3) is 0.478. The lowest BCUT2D eigenvalue weighted by Gasteiger charge is -2.37. The first kappa shape index (κ1) is 21.0. The Labute approximate surface area is 181 Å². The summed E-state index contributed by atoms with van der Waals surface area (Å²) in [4.78, 5) is 0. The third kappa shape index (κ3) is 4.50. The lowest BCUT2D eigenvalue weighted by atomic mass is 9.72. The molecule has 27 heavy (non-hydrogen) atoms. The van der Waals surface area contributed by atoms with E-state index in [2.05, 4.69) is 111 Å². The summed E-state index contributed by atoms with van der Waals surface area (Å²) < 4.78 is 4.32. The summed E-state index contributed by atoms with van der Waals surface area (Å²) in [5, 5.41) is 0. The molecule has 1 aliphatic rings. The van der Waals surface area contributed by atoms with Crippen LogP contribution in [0.25, 0.3) is 11.1 Å². The second-order valence-electron chi connectivity index (χ2n) is 9.99. The van der Waals surface area contributed by atoms with Crippen LogP contribution in [0.15, 0.2) is 45.3 Å². The van der Waals surface area contributed by atoms with Crippen molar-refractivity contribution >= 4 is 31.9 Å². The predicted molar refractivity (Wildman–Crippen MR) is 123 cm³/mol. The van der Waals surface area contributed by atoms with Crippen LogP contribution >= 0.6 is 31.9 Å². The first-order chi connectivity index (χ1) is 12.4. The maximum absolute atomic E-state index is 3.74. The Morgan fingerprint density at radius 3 is 1.37 bits per heavy atom. The van der Waals surface area contributed by atoms with Crippen molar-refractivity contribution in [1.82, 2.24) is 0 Å². The molecule has 2 aromatic rings. The highest BCUT2D eigenvalue weighted by Crippen LogP contribution is 2.54. The zero-order chi connectivity index (χ0) is 20.0. The summed E-state index contributed by atoms with van der Waals surface area (Å²) >= 11 is 7.48.